The summed E-state index contributed by atoms with van der Waals surface area (Å²) in [6, 6.07) is 5.88. The van der Waals surface area contributed by atoms with Gasteiger partial charge < -0.3 is 19.9 Å². The van der Waals surface area contributed by atoms with Gasteiger partial charge in [-0.15, -0.1) is 11.8 Å². The van der Waals surface area contributed by atoms with E-state index in [1.54, 1.807) is 18.9 Å². The summed E-state index contributed by atoms with van der Waals surface area (Å²) in [5.41, 5.74) is 1.87. The van der Waals surface area contributed by atoms with Crippen LogP contribution in [-0.4, -0.2) is 68.8 Å². The Balaban J connectivity index is 1.74. The van der Waals surface area contributed by atoms with E-state index in [2.05, 4.69) is 33.5 Å². The number of methoxy groups -OCH3 is 1. The van der Waals surface area contributed by atoms with Crippen LogP contribution in [0.15, 0.2) is 18.2 Å². The minimum atomic E-state index is -0.128. The molecule has 7 heteroatoms. The Hall–Kier alpha value is -1.44. The summed E-state index contributed by atoms with van der Waals surface area (Å²) in [6.45, 7) is 4.10. The maximum absolute atomic E-state index is 12.4. The number of ether oxygens (including phenoxy) is 1. The van der Waals surface area contributed by atoms with E-state index in [-0.39, 0.29) is 11.9 Å². The zero-order chi connectivity index (χ0) is 16.2. The van der Waals surface area contributed by atoms with E-state index in [9.17, 15) is 4.79 Å². The average Bonchev–Trinajstić information content (AvgIpc) is 3.10. The lowest BCUT2D eigenvalue weighted by atomic mass is 10.2. The molecule has 2 fully saturated rings. The number of nitrogens with one attached hydrogen (secondary N) is 2. The molecule has 0 spiro atoms. The van der Waals surface area contributed by atoms with Gasteiger partial charge in [-0.05, 0) is 25.2 Å². The fourth-order valence-corrected chi connectivity index (χ4v) is 3.78. The second-order valence-corrected chi connectivity index (χ2v) is 6.97. The van der Waals surface area contributed by atoms with Gasteiger partial charge in [-0.25, -0.2) is 0 Å². The molecule has 23 heavy (non-hydrogen) atoms. The van der Waals surface area contributed by atoms with Crippen LogP contribution in [0.4, 0.5) is 11.4 Å². The van der Waals surface area contributed by atoms with E-state index in [1.165, 1.54) is 0 Å². The number of amides is 1. The molecule has 2 aliphatic heterocycles. The number of rotatable bonds is 4. The van der Waals surface area contributed by atoms with E-state index < -0.39 is 0 Å². The zero-order valence-corrected chi connectivity index (χ0v) is 14.5. The van der Waals surface area contributed by atoms with Crippen molar-refractivity contribution in [3.05, 3.63) is 18.2 Å². The van der Waals surface area contributed by atoms with Crippen LogP contribution in [0.3, 0.4) is 0 Å². The summed E-state index contributed by atoms with van der Waals surface area (Å²) in [6.07, 6.45) is 0. The maximum atomic E-state index is 12.4. The molecule has 0 bridgehead atoms. The number of carbonyl (C=O) groups excluding carboxylic acids is 1. The number of hydrogen-bond donors (Lipinski definition) is 2. The Kier molecular flexibility index (Phi) is 5.30. The Morgan fingerprint density at radius 1 is 1.35 bits per heavy atom. The van der Waals surface area contributed by atoms with Crippen LogP contribution in [0.25, 0.3) is 0 Å². The molecule has 2 heterocycles. The van der Waals surface area contributed by atoms with Crippen molar-refractivity contribution in [2.75, 3.05) is 62.2 Å². The average molecular weight is 336 g/mol. The van der Waals surface area contributed by atoms with E-state index in [4.69, 9.17) is 4.74 Å². The molecule has 2 saturated heterocycles. The van der Waals surface area contributed by atoms with Crippen LogP contribution in [0.1, 0.15) is 0 Å². The lowest BCUT2D eigenvalue weighted by Gasteiger charge is -2.34. The molecule has 1 atom stereocenters. The number of carbonyl (C=O) groups is 1. The predicted molar refractivity (Wildman–Crippen MR) is 95.6 cm³/mol. The number of benzene rings is 1. The van der Waals surface area contributed by atoms with Crippen LogP contribution in [0.5, 0.6) is 5.75 Å². The quantitative estimate of drug-likeness (QED) is 0.857. The van der Waals surface area contributed by atoms with Crippen LogP contribution in [0.2, 0.25) is 0 Å². The number of likely N-dealkylation sites (N-methyl/N-ethyl adjacent to an activating group) is 1. The number of anilines is 2. The second-order valence-electron chi connectivity index (χ2n) is 5.94. The smallest absolute Gasteiger partial charge is 0.242 e. The highest BCUT2D eigenvalue weighted by Crippen LogP contribution is 2.30. The first kappa shape index (κ1) is 16.4. The van der Waals surface area contributed by atoms with Crippen molar-refractivity contribution < 1.29 is 9.53 Å². The molecule has 1 amide bonds. The third-order valence-corrected chi connectivity index (χ3v) is 5.28. The molecule has 0 aromatic heterocycles. The molecule has 6 nitrogen and oxygen atoms in total. The van der Waals surface area contributed by atoms with Gasteiger partial charge in [0, 0.05) is 43.5 Å². The van der Waals surface area contributed by atoms with Crippen molar-refractivity contribution in [1.82, 2.24) is 10.2 Å². The largest absolute Gasteiger partial charge is 0.495 e. The SMILES string of the molecule is COc1ccc(N2CCN(C)CC2)cc1NC(=O)C1CSCN1. The molecule has 126 valence electrons. The third-order valence-electron chi connectivity index (χ3n) is 4.34. The van der Waals surface area contributed by atoms with Gasteiger partial charge in [-0.1, -0.05) is 0 Å². The van der Waals surface area contributed by atoms with Gasteiger partial charge in [0.25, 0.3) is 0 Å². The Morgan fingerprint density at radius 2 is 2.13 bits per heavy atom. The second kappa shape index (κ2) is 7.42. The van der Waals surface area contributed by atoms with Gasteiger partial charge in [0.05, 0.1) is 18.8 Å². The molecule has 0 radical (unpaired) electrons. The predicted octanol–water partition coefficient (Wildman–Crippen LogP) is 1.05. The third kappa shape index (κ3) is 3.91. The Bertz CT molecular complexity index is 555. The summed E-state index contributed by atoms with van der Waals surface area (Å²) < 4.78 is 5.40. The maximum Gasteiger partial charge on any atom is 0.242 e. The van der Waals surface area contributed by atoms with E-state index >= 15 is 0 Å². The molecule has 1 aromatic carbocycles. The van der Waals surface area contributed by atoms with Gasteiger partial charge >= 0.3 is 0 Å². The van der Waals surface area contributed by atoms with E-state index in [0.717, 1.165) is 49.2 Å². The lowest BCUT2D eigenvalue weighted by molar-refractivity contribution is -0.117. The number of nitrogens with zero attached hydrogens (tertiary/aromatic N) is 2. The zero-order valence-electron chi connectivity index (χ0n) is 13.7. The van der Waals surface area contributed by atoms with E-state index in [1.807, 2.05) is 12.1 Å². The first-order valence-corrected chi connectivity index (χ1v) is 9.06. The summed E-state index contributed by atoms with van der Waals surface area (Å²) >= 11 is 1.74. The van der Waals surface area contributed by atoms with Crippen molar-refractivity contribution in [1.29, 1.82) is 0 Å². The highest BCUT2D eigenvalue weighted by Gasteiger charge is 2.24. The first-order valence-electron chi connectivity index (χ1n) is 7.91. The molecule has 0 aliphatic carbocycles. The molecular formula is C16H24N4O2S. The van der Waals surface area contributed by atoms with Crippen LogP contribution >= 0.6 is 11.8 Å². The molecule has 1 unspecified atom stereocenters. The van der Waals surface area contributed by atoms with Crippen LogP contribution < -0.4 is 20.3 Å². The molecule has 2 aliphatic rings. The number of thioether (sulfide) groups is 1. The lowest BCUT2D eigenvalue weighted by Crippen LogP contribution is -2.44. The minimum Gasteiger partial charge on any atom is -0.495 e. The van der Waals surface area contributed by atoms with Gasteiger partial charge in [0.1, 0.15) is 5.75 Å². The fourth-order valence-electron chi connectivity index (χ4n) is 2.84. The van der Waals surface area contributed by atoms with Crippen molar-refractivity contribution in [3.63, 3.8) is 0 Å². The van der Waals surface area contributed by atoms with Gasteiger partial charge in [0.2, 0.25) is 5.91 Å². The fraction of sp³-hybridized carbons (Fsp3) is 0.562. The monoisotopic (exact) mass is 336 g/mol. The van der Waals surface area contributed by atoms with Gasteiger partial charge in [-0.2, -0.15) is 0 Å². The van der Waals surface area contributed by atoms with Gasteiger partial charge in [-0.3, -0.25) is 10.1 Å². The van der Waals surface area contributed by atoms with Gasteiger partial charge in [0.15, 0.2) is 0 Å². The van der Waals surface area contributed by atoms with Crippen LogP contribution in [0, 0.1) is 0 Å². The summed E-state index contributed by atoms with van der Waals surface area (Å²) in [7, 11) is 3.77. The number of hydrogen-bond acceptors (Lipinski definition) is 6. The van der Waals surface area contributed by atoms with Crippen molar-refractivity contribution >= 4 is 29.0 Å². The molecule has 3 rings (SSSR count). The van der Waals surface area contributed by atoms with Crippen molar-refractivity contribution in [2.24, 2.45) is 0 Å². The van der Waals surface area contributed by atoms with Crippen molar-refractivity contribution in [2.45, 2.75) is 6.04 Å². The highest BCUT2D eigenvalue weighted by molar-refractivity contribution is 7.99. The standard InChI is InChI=1S/C16H24N4O2S/c1-19-5-7-20(8-6-19)12-3-4-15(22-2)13(9-12)18-16(21)14-10-23-11-17-14/h3-4,9,14,17H,5-8,10-11H2,1-2H3,(H,18,21). The molecule has 1 aromatic rings. The summed E-state index contributed by atoms with van der Waals surface area (Å²) in [5, 5.41) is 6.21. The molecular weight excluding hydrogens is 312 g/mol. The van der Waals surface area contributed by atoms with E-state index in [0.29, 0.717) is 5.75 Å². The highest BCUT2D eigenvalue weighted by atomic mass is 32.2. The first-order chi connectivity index (χ1) is 11.2. The summed E-state index contributed by atoms with van der Waals surface area (Å²) in [5.74, 6) is 2.34. The topological polar surface area (TPSA) is 56.8 Å². The Labute approximate surface area is 141 Å². The molecule has 0 saturated carbocycles. The Morgan fingerprint density at radius 3 is 2.78 bits per heavy atom. The molecule has 2 N–H and O–H groups in total. The normalized spacial score (nSPS) is 22.2. The summed E-state index contributed by atoms with van der Waals surface area (Å²) in [4.78, 5) is 17.0. The van der Waals surface area contributed by atoms with Crippen molar-refractivity contribution in [3.8, 4) is 5.75 Å². The minimum absolute atomic E-state index is 0.00354. The van der Waals surface area contributed by atoms with Crippen LogP contribution in [-0.2, 0) is 4.79 Å². The number of piperazine rings is 1.